The van der Waals surface area contributed by atoms with E-state index in [1.165, 1.54) is 0 Å². The highest BCUT2D eigenvalue weighted by atomic mass is 16.4. The molecule has 2 aromatic rings. The second-order valence-electron chi connectivity index (χ2n) is 5.73. The van der Waals surface area contributed by atoms with Crippen molar-refractivity contribution in [3.8, 4) is 0 Å². The maximum atomic E-state index is 12.3. The van der Waals surface area contributed by atoms with E-state index >= 15 is 0 Å². The zero-order chi connectivity index (χ0) is 17.0. The summed E-state index contributed by atoms with van der Waals surface area (Å²) in [5.74, 6) is -1.02. The number of aromatic nitrogens is 2. The minimum Gasteiger partial charge on any atom is -0.481 e. The Morgan fingerprint density at radius 3 is 2.43 bits per heavy atom. The highest BCUT2D eigenvalue weighted by Gasteiger charge is 2.15. The molecule has 0 saturated heterocycles. The molecule has 6 nitrogen and oxygen atoms in total. The molecule has 122 valence electrons. The number of hydrogen-bond acceptors (Lipinski definition) is 3. The first-order valence-corrected chi connectivity index (χ1v) is 7.54. The number of rotatable bonds is 6. The van der Waals surface area contributed by atoms with Crippen molar-refractivity contribution in [2.24, 2.45) is 0 Å². The van der Waals surface area contributed by atoms with E-state index in [-0.39, 0.29) is 18.4 Å². The Hall–Kier alpha value is -2.63. The number of carbonyl (C=O) groups is 2. The van der Waals surface area contributed by atoms with Crippen LogP contribution in [0.2, 0.25) is 0 Å². The minimum absolute atomic E-state index is 0.0965. The number of carboxylic acid groups (broad SMARTS) is 1. The van der Waals surface area contributed by atoms with Gasteiger partial charge >= 0.3 is 5.97 Å². The molecule has 1 heterocycles. The van der Waals surface area contributed by atoms with Crippen molar-refractivity contribution in [2.45, 2.75) is 39.7 Å². The molecule has 0 bridgehead atoms. The highest BCUT2D eigenvalue weighted by Crippen LogP contribution is 2.16. The third-order valence-corrected chi connectivity index (χ3v) is 3.62. The Labute approximate surface area is 135 Å². The molecule has 1 amide bonds. The normalized spacial score (nSPS) is 10.8. The van der Waals surface area contributed by atoms with Crippen LogP contribution in [0.25, 0.3) is 0 Å². The Kier molecular flexibility index (Phi) is 5.16. The summed E-state index contributed by atoms with van der Waals surface area (Å²) >= 11 is 0. The number of nitrogens with one attached hydrogen (secondary N) is 1. The number of aryl methyl sites for hydroxylation is 1. The van der Waals surface area contributed by atoms with Crippen LogP contribution < -0.4 is 5.32 Å². The van der Waals surface area contributed by atoms with Gasteiger partial charge in [0.2, 0.25) is 0 Å². The summed E-state index contributed by atoms with van der Waals surface area (Å²) in [4.78, 5) is 22.9. The van der Waals surface area contributed by atoms with E-state index in [1.54, 1.807) is 18.3 Å². The molecule has 6 heteroatoms. The Morgan fingerprint density at radius 1 is 1.26 bits per heavy atom. The summed E-state index contributed by atoms with van der Waals surface area (Å²) in [6.07, 6.45) is 2.15. The van der Waals surface area contributed by atoms with Crippen molar-refractivity contribution in [3.05, 3.63) is 47.3 Å². The van der Waals surface area contributed by atoms with Crippen LogP contribution in [0.4, 0.5) is 5.69 Å². The molecule has 1 aromatic carbocycles. The number of carbonyl (C=O) groups excluding carboxylic acids is 1. The van der Waals surface area contributed by atoms with Gasteiger partial charge in [-0.1, -0.05) is 12.1 Å². The molecule has 2 rings (SSSR count). The zero-order valence-corrected chi connectivity index (χ0v) is 13.5. The zero-order valence-electron chi connectivity index (χ0n) is 13.5. The van der Waals surface area contributed by atoms with Crippen molar-refractivity contribution in [1.82, 2.24) is 9.78 Å². The smallest absolute Gasteiger partial charge is 0.303 e. The summed E-state index contributed by atoms with van der Waals surface area (Å²) in [5.41, 5.74) is 2.98. The molecule has 0 aliphatic rings. The van der Waals surface area contributed by atoms with Crippen LogP contribution in [0.3, 0.4) is 0 Å². The molecule has 23 heavy (non-hydrogen) atoms. The van der Waals surface area contributed by atoms with Crippen molar-refractivity contribution < 1.29 is 14.7 Å². The monoisotopic (exact) mass is 315 g/mol. The molecule has 2 N–H and O–H groups in total. The quantitative estimate of drug-likeness (QED) is 0.858. The van der Waals surface area contributed by atoms with Gasteiger partial charge in [-0.05, 0) is 44.9 Å². The predicted molar refractivity (Wildman–Crippen MR) is 87.7 cm³/mol. The Morgan fingerprint density at radius 2 is 1.91 bits per heavy atom. The van der Waals surface area contributed by atoms with Crippen LogP contribution in [0.1, 0.15) is 47.9 Å². The Balaban J connectivity index is 2.04. The van der Waals surface area contributed by atoms with Crippen LogP contribution in [-0.2, 0) is 11.2 Å². The van der Waals surface area contributed by atoms with E-state index in [9.17, 15) is 9.59 Å². The van der Waals surface area contributed by atoms with E-state index in [0.717, 1.165) is 11.3 Å². The van der Waals surface area contributed by atoms with E-state index in [0.29, 0.717) is 17.7 Å². The van der Waals surface area contributed by atoms with Crippen molar-refractivity contribution in [1.29, 1.82) is 0 Å². The van der Waals surface area contributed by atoms with Crippen molar-refractivity contribution >= 4 is 17.6 Å². The number of anilines is 1. The third-order valence-electron chi connectivity index (χ3n) is 3.62. The predicted octanol–water partition coefficient (Wildman–Crippen LogP) is 3.04. The second kappa shape index (κ2) is 7.09. The molecule has 0 unspecified atom stereocenters. The maximum absolute atomic E-state index is 12.3. The summed E-state index contributed by atoms with van der Waals surface area (Å²) in [7, 11) is 0. The van der Waals surface area contributed by atoms with Gasteiger partial charge in [0.1, 0.15) is 0 Å². The maximum Gasteiger partial charge on any atom is 0.303 e. The van der Waals surface area contributed by atoms with Gasteiger partial charge in [0, 0.05) is 23.8 Å². The van der Waals surface area contributed by atoms with Crippen LogP contribution in [-0.4, -0.2) is 26.8 Å². The van der Waals surface area contributed by atoms with Crippen LogP contribution in [0.5, 0.6) is 0 Å². The third kappa shape index (κ3) is 4.18. The summed E-state index contributed by atoms with van der Waals surface area (Å²) < 4.78 is 1.81. The first kappa shape index (κ1) is 16.7. The van der Waals surface area contributed by atoms with Gasteiger partial charge in [-0.3, -0.25) is 14.3 Å². The first-order valence-electron chi connectivity index (χ1n) is 7.54. The number of amides is 1. The van der Waals surface area contributed by atoms with Gasteiger partial charge in [-0.25, -0.2) is 0 Å². The second-order valence-corrected chi connectivity index (χ2v) is 5.73. The van der Waals surface area contributed by atoms with Crippen LogP contribution in [0.15, 0.2) is 30.5 Å². The molecule has 0 saturated carbocycles. The molecule has 0 spiro atoms. The largest absolute Gasteiger partial charge is 0.481 e. The summed E-state index contributed by atoms with van der Waals surface area (Å²) in [6.45, 7) is 5.89. The average molecular weight is 315 g/mol. The van der Waals surface area contributed by atoms with Gasteiger partial charge < -0.3 is 10.4 Å². The lowest BCUT2D eigenvalue weighted by Gasteiger charge is -2.09. The SMILES string of the molecule is Cc1c(C(=O)Nc2ccc(CCC(=O)O)cc2)cnn1C(C)C. The fraction of sp³-hybridized carbons (Fsp3) is 0.353. The molecule has 0 aliphatic carbocycles. The fourth-order valence-corrected chi connectivity index (χ4v) is 2.37. The Bertz CT molecular complexity index is 702. The number of hydrogen-bond donors (Lipinski definition) is 2. The lowest BCUT2D eigenvalue weighted by Crippen LogP contribution is -2.14. The molecule has 0 radical (unpaired) electrons. The van der Waals surface area contributed by atoms with Gasteiger partial charge in [-0.15, -0.1) is 0 Å². The van der Waals surface area contributed by atoms with Gasteiger partial charge in [0.25, 0.3) is 5.91 Å². The standard InChI is InChI=1S/C17H21N3O3/c1-11(2)20-12(3)15(10-18-20)17(23)19-14-7-4-13(5-8-14)6-9-16(21)22/h4-5,7-8,10-11H,6,9H2,1-3H3,(H,19,23)(H,21,22). The van der Waals surface area contributed by atoms with Gasteiger partial charge in [0.05, 0.1) is 11.8 Å². The lowest BCUT2D eigenvalue weighted by atomic mass is 10.1. The van der Waals surface area contributed by atoms with Crippen molar-refractivity contribution in [2.75, 3.05) is 5.32 Å². The van der Waals surface area contributed by atoms with E-state index in [4.69, 9.17) is 5.11 Å². The fourth-order valence-electron chi connectivity index (χ4n) is 2.37. The van der Waals surface area contributed by atoms with Gasteiger partial charge in [-0.2, -0.15) is 5.10 Å². The summed E-state index contributed by atoms with van der Waals surface area (Å²) in [5, 5.41) is 15.7. The number of benzene rings is 1. The van der Waals surface area contributed by atoms with Gasteiger partial charge in [0.15, 0.2) is 0 Å². The van der Waals surface area contributed by atoms with Crippen LogP contribution >= 0.6 is 0 Å². The number of carboxylic acids is 1. The molecule has 0 fully saturated rings. The molecule has 0 aliphatic heterocycles. The average Bonchev–Trinajstić information content (AvgIpc) is 2.88. The van der Waals surface area contributed by atoms with E-state index in [1.807, 2.05) is 37.6 Å². The first-order chi connectivity index (χ1) is 10.9. The van der Waals surface area contributed by atoms with E-state index < -0.39 is 5.97 Å². The minimum atomic E-state index is -0.819. The molecular weight excluding hydrogens is 294 g/mol. The molecule has 0 atom stereocenters. The van der Waals surface area contributed by atoms with Crippen LogP contribution in [0, 0.1) is 6.92 Å². The molecule has 1 aromatic heterocycles. The number of nitrogens with zero attached hydrogens (tertiary/aromatic N) is 2. The number of aliphatic carboxylic acids is 1. The topological polar surface area (TPSA) is 84.2 Å². The van der Waals surface area contributed by atoms with E-state index in [2.05, 4.69) is 10.4 Å². The lowest BCUT2D eigenvalue weighted by molar-refractivity contribution is -0.136. The summed E-state index contributed by atoms with van der Waals surface area (Å²) in [6, 6.07) is 7.39. The molecular formula is C17H21N3O3. The van der Waals surface area contributed by atoms with Crippen molar-refractivity contribution in [3.63, 3.8) is 0 Å². The highest BCUT2D eigenvalue weighted by molar-refractivity contribution is 6.04.